The number of nitriles is 1. The zero-order valence-corrected chi connectivity index (χ0v) is 8.50. The molecule has 2 aliphatic rings. The molecule has 2 amide bonds. The van der Waals surface area contributed by atoms with Gasteiger partial charge >= 0.3 is 6.03 Å². The van der Waals surface area contributed by atoms with Crippen LogP contribution in [0.15, 0.2) is 0 Å². The van der Waals surface area contributed by atoms with Gasteiger partial charge in [-0.1, -0.05) is 0 Å². The quantitative estimate of drug-likeness (QED) is 0.616. The second-order valence-corrected chi connectivity index (χ2v) is 4.47. The van der Waals surface area contributed by atoms with E-state index in [1.54, 1.807) is 0 Å². The average Bonchev–Trinajstić information content (AvgIpc) is 2.49. The van der Waals surface area contributed by atoms with Gasteiger partial charge in [-0.25, -0.2) is 4.79 Å². The van der Waals surface area contributed by atoms with E-state index in [4.69, 9.17) is 10.1 Å². The summed E-state index contributed by atoms with van der Waals surface area (Å²) in [6, 6.07) is 1.94. The molecule has 0 unspecified atom stereocenters. The first-order valence-corrected chi connectivity index (χ1v) is 4.58. The molecule has 2 fully saturated rings. The van der Waals surface area contributed by atoms with Gasteiger partial charge in [-0.3, -0.25) is 4.84 Å². The summed E-state index contributed by atoms with van der Waals surface area (Å²) in [5.74, 6) is -0.281. The molecule has 5 heteroatoms. The standard InChI is InChI=1S/C9H13N3O2/c1-8(2)9(3)6(4-10)5-14-12(9)7(13)11-8/h6H,5H2,1-3H3,(H,11,13)/t6-,9+/m0/s1. The van der Waals surface area contributed by atoms with Crippen LogP contribution in [-0.2, 0) is 4.84 Å². The van der Waals surface area contributed by atoms with Gasteiger partial charge in [0.05, 0.1) is 18.2 Å². The van der Waals surface area contributed by atoms with Crippen LogP contribution in [0.2, 0.25) is 0 Å². The van der Waals surface area contributed by atoms with Crippen LogP contribution in [0, 0.1) is 17.2 Å². The van der Waals surface area contributed by atoms with Crippen molar-refractivity contribution in [3.05, 3.63) is 0 Å². The first kappa shape index (κ1) is 9.28. The first-order valence-electron chi connectivity index (χ1n) is 4.58. The molecule has 0 bridgehead atoms. The number of nitrogens with zero attached hydrogens (tertiary/aromatic N) is 2. The molecule has 1 N–H and O–H groups in total. The van der Waals surface area contributed by atoms with Gasteiger partial charge in [-0.2, -0.15) is 10.3 Å². The zero-order valence-electron chi connectivity index (χ0n) is 8.50. The van der Waals surface area contributed by atoms with Crippen LogP contribution in [0.5, 0.6) is 0 Å². The van der Waals surface area contributed by atoms with E-state index in [0.717, 1.165) is 0 Å². The number of hydrogen-bond acceptors (Lipinski definition) is 3. The molecule has 0 radical (unpaired) electrons. The van der Waals surface area contributed by atoms with Crippen molar-refractivity contribution in [1.29, 1.82) is 5.26 Å². The summed E-state index contributed by atoms with van der Waals surface area (Å²) in [5.41, 5.74) is -1.01. The molecular formula is C9H13N3O2. The molecule has 2 aliphatic heterocycles. The minimum absolute atomic E-state index is 0.254. The lowest BCUT2D eigenvalue weighted by Crippen LogP contribution is -2.56. The third kappa shape index (κ3) is 0.794. The van der Waals surface area contributed by atoms with Gasteiger partial charge in [0.15, 0.2) is 0 Å². The Morgan fingerprint density at radius 3 is 2.86 bits per heavy atom. The van der Waals surface area contributed by atoms with E-state index in [1.807, 2.05) is 20.8 Å². The van der Waals surface area contributed by atoms with Crippen LogP contribution in [-0.4, -0.2) is 28.8 Å². The highest BCUT2D eigenvalue weighted by Crippen LogP contribution is 2.44. The topological polar surface area (TPSA) is 65.4 Å². The fraction of sp³-hybridized carbons (Fsp3) is 0.778. The molecule has 14 heavy (non-hydrogen) atoms. The summed E-state index contributed by atoms with van der Waals surface area (Å²) in [6.07, 6.45) is 0. The molecule has 2 heterocycles. The number of urea groups is 1. The Bertz CT molecular complexity index is 333. The van der Waals surface area contributed by atoms with Gasteiger partial charge in [0.2, 0.25) is 0 Å². The predicted molar refractivity (Wildman–Crippen MR) is 47.9 cm³/mol. The minimum Gasteiger partial charge on any atom is -0.329 e. The van der Waals surface area contributed by atoms with Crippen molar-refractivity contribution in [2.75, 3.05) is 6.61 Å². The molecule has 0 aromatic carbocycles. The van der Waals surface area contributed by atoms with Crippen molar-refractivity contribution in [2.24, 2.45) is 5.92 Å². The van der Waals surface area contributed by atoms with Gasteiger partial charge < -0.3 is 5.32 Å². The number of rotatable bonds is 0. The summed E-state index contributed by atoms with van der Waals surface area (Å²) in [4.78, 5) is 16.7. The monoisotopic (exact) mass is 195 g/mol. The van der Waals surface area contributed by atoms with Crippen molar-refractivity contribution in [2.45, 2.75) is 31.8 Å². The third-order valence-electron chi connectivity index (χ3n) is 3.50. The molecule has 2 rings (SSSR count). The molecule has 0 aliphatic carbocycles. The lowest BCUT2D eigenvalue weighted by Gasteiger charge is -2.37. The van der Waals surface area contributed by atoms with E-state index in [1.165, 1.54) is 5.06 Å². The maximum Gasteiger partial charge on any atom is 0.342 e. The largest absolute Gasteiger partial charge is 0.342 e. The van der Waals surface area contributed by atoms with Crippen molar-refractivity contribution < 1.29 is 9.63 Å². The highest BCUT2D eigenvalue weighted by molar-refractivity contribution is 5.79. The smallest absolute Gasteiger partial charge is 0.329 e. The van der Waals surface area contributed by atoms with Crippen molar-refractivity contribution in [3.8, 4) is 6.07 Å². The molecule has 0 saturated carbocycles. The molecule has 0 aromatic rings. The molecule has 5 nitrogen and oxygen atoms in total. The first-order chi connectivity index (χ1) is 6.43. The number of hydrogen-bond donors (Lipinski definition) is 1. The zero-order chi connectivity index (χ0) is 10.6. The Balaban J connectivity index is 2.48. The van der Waals surface area contributed by atoms with Crippen LogP contribution in [0.1, 0.15) is 20.8 Å². The predicted octanol–water partition coefficient (Wildman–Crippen LogP) is 0.634. The summed E-state index contributed by atoms with van der Waals surface area (Å²) >= 11 is 0. The van der Waals surface area contributed by atoms with Crippen LogP contribution >= 0.6 is 0 Å². The lowest BCUT2D eigenvalue weighted by atomic mass is 9.74. The summed E-state index contributed by atoms with van der Waals surface area (Å²) in [7, 11) is 0. The van der Waals surface area contributed by atoms with Crippen molar-refractivity contribution >= 4 is 6.03 Å². The van der Waals surface area contributed by atoms with E-state index in [2.05, 4.69) is 11.4 Å². The Labute approximate surface area is 82.6 Å². The Hall–Kier alpha value is -1.28. The van der Waals surface area contributed by atoms with Gasteiger partial charge in [-0.15, -0.1) is 0 Å². The molecule has 0 aromatic heterocycles. The summed E-state index contributed by atoms with van der Waals surface area (Å²) in [5, 5.41) is 13.1. The highest BCUT2D eigenvalue weighted by atomic mass is 16.7. The molecule has 2 saturated heterocycles. The van der Waals surface area contributed by atoms with Crippen molar-refractivity contribution in [1.82, 2.24) is 10.4 Å². The van der Waals surface area contributed by atoms with Crippen LogP contribution in [0.25, 0.3) is 0 Å². The maximum absolute atomic E-state index is 11.5. The molecular weight excluding hydrogens is 182 g/mol. The second kappa shape index (κ2) is 2.39. The maximum atomic E-state index is 11.5. The number of carbonyl (C=O) groups is 1. The second-order valence-electron chi connectivity index (χ2n) is 4.47. The Morgan fingerprint density at radius 1 is 1.64 bits per heavy atom. The summed E-state index contributed by atoms with van der Waals surface area (Å²) in [6.45, 7) is 5.99. The van der Waals surface area contributed by atoms with Gasteiger partial charge in [0, 0.05) is 0 Å². The van der Waals surface area contributed by atoms with E-state index in [-0.39, 0.29) is 11.9 Å². The molecule has 0 spiro atoms. The number of hydroxylamine groups is 2. The number of amides is 2. The number of fused-ring (bicyclic) bond motifs is 1. The van der Waals surface area contributed by atoms with Crippen LogP contribution in [0.3, 0.4) is 0 Å². The van der Waals surface area contributed by atoms with Crippen molar-refractivity contribution in [3.63, 3.8) is 0 Å². The fourth-order valence-electron chi connectivity index (χ4n) is 2.15. The van der Waals surface area contributed by atoms with Gasteiger partial charge in [-0.05, 0) is 20.8 Å². The SMILES string of the molecule is CC1(C)NC(=O)N2OC[C@H](C#N)[C@@]21C. The van der Waals surface area contributed by atoms with Crippen LogP contribution < -0.4 is 5.32 Å². The fourth-order valence-corrected chi connectivity index (χ4v) is 2.15. The van der Waals surface area contributed by atoms with E-state index >= 15 is 0 Å². The normalized spacial score (nSPS) is 39.1. The lowest BCUT2D eigenvalue weighted by molar-refractivity contribution is -0.106. The van der Waals surface area contributed by atoms with E-state index < -0.39 is 11.1 Å². The highest BCUT2D eigenvalue weighted by Gasteiger charge is 2.64. The minimum atomic E-state index is -0.571. The summed E-state index contributed by atoms with van der Waals surface area (Å²) < 4.78 is 0. The average molecular weight is 195 g/mol. The number of nitrogens with one attached hydrogen (secondary N) is 1. The molecule has 76 valence electrons. The molecule has 2 atom stereocenters. The Morgan fingerprint density at radius 2 is 2.29 bits per heavy atom. The van der Waals surface area contributed by atoms with Crippen LogP contribution in [0.4, 0.5) is 4.79 Å². The van der Waals surface area contributed by atoms with E-state index in [9.17, 15) is 4.79 Å². The van der Waals surface area contributed by atoms with Gasteiger partial charge in [0.25, 0.3) is 0 Å². The third-order valence-corrected chi connectivity index (χ3v) is 3.50. The Kier molecular flexibility index (Phi) is 1.59. The van der Waals surface area contributed by atoms with Gasteiger partial charge in [0.1, 0.15) is 11.5 Å². The number of carbonyl (C=O) groups excluding carboxylic acids is 1. The van der Waals surface area contributed by atoms with E-state index in [0.29, 0.717) is 6.61 Å².